The third-order valence-corrected chi connectivity index (χ3v) is 6.96. The summed E-state index contributed by atoms with van der Waals surface area (Å²) in [5.74, 6) is 1.18. The number of ether oxygens (including phenoxy) is 1. The molecule has 0 spiro atoms. The van der Waals surface area contributed by atoms with Gasteiger partial charge >= 0.3 is 0 Å². The van der Waals surface area contributed by atoms with Gasteiger partial charge in [0, 0.05) is 29.2 Å². The van der Waals surface area contributed by atoms with Crippen molar-refractivity contribution in [2.45, 2.75) is 39.6 Å². The van der Waals surface area contributed by atoms with Gasteiger partial charge in [0.15, 0.2) is 5.65 Å². The van der Waals surface area contributed by atoms with Gasteiger partial charge in [-0.25, -0.2) is 14.6 Å². The van der Waals surface area contributed by atoms with Gasteiger partial charge in [0.2, 0.25) is 0 Å². The fraction of sp³-hybridized carbons (Fsp3) is 0.320. The Balaban J connectivity index is 1.58. The van der Waals surface area contributed by atoms with E-state index in [1.807, 2.05) is 66.8 Å². The first-order chi connectivity index (χ1) is 16.4. The highest BCUT2D eigenvalue weighted by atomic mass is 35.5. The molecular formula is C25H27ClN6O2. The van der Waals surface area contributed by atoms with E-state index in [0.29, 0.717) is 36.2 Å². The predicted molar refractivity (Wildman–Crippen MR) is 132 cm³/mol. The number of aliphatic hydroxyl groups excluding tert-OH is 1. The van der Waals surface area contributed by atoms with Crippen LogP contribution in [0.1, 0.15) is 47.1 Å². The highest BCUT2D eigenvalue weighted by Crippen LogP contribution is 2.41. The lowest BCUT2D eigenvalue weighted by atomic mass is 9.98. The van der Waals surface area contributed by atoms with Gasteiger partial charge in [-0.15, -0.1) is 0 Å². The average Bonchev–Trinajstić information content (AvgIpc) is 3.03. The molecule has 0 aliphatic carbocycles. The second kappa shape index (κ2) is 8.87. The van der Waals surface area contributed by atoms with Crippen LogP contribution in [-0.2, 0) is 6.54 Å². The summed E-state index contributed by atoms with van der Waals surface area (Å²) in [6, 6.07) is 11.4. The highest BCUT2D eigenvalue weighted by Gasteiger charge is 2.29. The largest absolute Gasteiger partial charge is 0.492 e. The van der Waals surface area contributed by atoms with E-state index in [1.165, 1.54) is 6.33 Å². The Bertz CT molecular complexity index is 1360. The number of aromatic nitrogens is 4. The van der Waals surface area contributed by atoms with Gasteiger partial charge in [-0.1, -0.05) is 41.9 Å². The number of nitrogens with zero attached hydrogens (tertiary/aromatic N) is 5. The van der Waals surface area contributed by atoms with Crippen LogP contribution >= 0.6 is 11.6 Å². The molecule has 0 saturated carbocycles. The number of benzene rings is 2. The van der Waals surface area contributed by atoms with Crippen molar-refractivity contribution in [1.29, 1.82) is 0 Å². The average molecular weight is 479 g/mol. The Morgan fingerprint density at radius 1 is 1.18 bits per heavy atom. The van der Waals surface area contributed by atoms with Crippen LogP contribution in [0.4, 0.5) is 5.82 Å². The van der Waals surface area contributed by atoms with Crippen molar-refractivity contribution < 1.29 is 9.84 Å². The third kappa shape index (κ3) is 3.77. The molecule has 0 saturated heterocycles. The predicted octanol–water partition coefficient (Wildman–Crippen LogP) is 4.17. The van der Waals surface area contributed by atoms with Crippen LogP contribution in [0.2, 0.25) is 5.02 Å². The Hall–Kier alpha value is -3.20. The Morgan fingerprint density at radius 2 is 1.94 bits per heavy atom. The number of nitrogen functional groups attached to an aromatic ring is 1. The summed E-state index contributed by atoms with van der Waals surface area (Å²) in [5.41, 5.74) is 11.2. The number of halogens is 1. The molecule has 1 aliphatic rings. The van der Waals surface area contributed by atoms with E-state index in [1.54, 1.807) is 0 Å². The third-order valence-electron chi connectivity index (χ3n) is 6.57. The zero-order chi connectivity index (χ0) is 24.0. The number of rotatable bonds is 4. The fourth-order valence-corrected chi connectivity index (χ4v) is 4.86. The SMILES string of the molecule is Cc1c(Cl)cc(C(C)n2nc(C)c3c(N)ncnc32)c2c1CN(C(O)c1ccccc1)CCO2. The summed E-state index contributed by atoms with van der Waals surface area (Å²) < 4.78 is 8.15. The Morgan fingerprint density at radius 3 is 2.71 bits per heavy atom. The smallest absolute Gasteiger partial charge is 0.164 e. The Kier molecular flexibility index (Phi) is 5.89. The first kappa shape index (κ1) is 22.6. The van der Waals surface area contributed by atoms with Crippen LogP contribution in [0.5, 0.6) is 5.75 Å². The summed E-state index contributed by atoms with van der Waals surface area (Å²) in [6.07, 6.45) is 0.705. The molecule has 1 aliphatic heterocycles. The van der Waals surface area contributed by atoms with E-state index in [-0.39, 0.29) is 6.04 Å². The minimum absolute atomic E-state index is 0.219. The molecule has 9 heteroatoms. The van der Waals surface area contributed by atoms with E-state index in [4.69, 9.17) is 27.2 Å². The molecule has 0 radical (unpaired) electrons. The number of aliphatic hydroxyl groups is 1. The number of hydrogen-bond donors (Lipinski definition) is 2. The molecule has 3 heterocycles. The van der Waals surface area contributed by atoms with E-state index in [9.17, 15) is 5.11 Å². The number of fused-ring (bicyclic) bond motifs is 2. The minimum atomic E-state index is -0.743. The topological polar surface area (TPSA) is 102 Å². The standard InChI is InChI=1S/C25H27ClN6O2/c1-14-19-12-31(25(33)17-7-5-4-6-8-17)9-10-34-22(19)18(11-20(14)26)16(3)32-24-21(15(2)30-32)23(27)28-13-29-24/h4-8,11,13,16,25,33H,9-10,12H2,1-3H3,(H2,27,28,29). The molecule has 0 amide bonds. The summed E-state index contributed by atoms with van der Waals surface area (Å²) in [4.78, 5) is 10.6. The van der Waals surface area contributed by atoms with Gasteiger partial charge in [0.1, 0.15) is 30.7 Å². The van der Waals surface area contributed by atoms with Crippen molar-refractivity contribution in [2.24, 2.45) is 0 Å². The first-order valence-electron chi connectivity index (χ1n) is 11.2. The maximum absolute atomic E-state index is 11.1. The monoisotopic (exact) mass is 478 g/mol. The van der Waals surface area contributed by atoms with Crippen LogP contribution in [0.15, 0.2) is 42.7 Å². The van der Waals surface area contributed by atoms with Gasteiger partial charge in [0.25, 0.3) is 0 Å². The molecule has 2 aromatic carbocycles. The van der Waals surface area contributed by atoms with E-state index >= 15 is 0 Å². The van der Waals surface area contributed by atoms with Crippen molar-refractivity contribution >= 4 is 28.5 Å². The molecule has 8 nitrogen and oxygen atoms in total. The lowest BCUT2D eigenvalue weighted by Crippen LogP contribution is -2.30. The quantitative estimate of drug-likeness (QED) is 0.453. The van der Waals surface area contributed by atoms with Crippen molar-refractivity contribution in [1.82, 2.24) is 24.6 Å². The maximum atomic E-state index is 11.1. The van der Waals surface area contributed by atoms with E-state index in [2.05, 4.69) is 9.97 Å². The zero-order valence-electron chi connectivity index (χ0n) is 19.4. The van der Waals surface area contributed by atoms with E-state index < -0.39 is 6.23 Å². The van der Waals surface area contributed by atoms with Crippen LogP contribution < -0.4 is 10.5 Å². The number of nitrogens with two attached hydrogens (primary N) is 1. The first-order valence-corrected chi connectivity index (χ1v) is 11.6. The molecule has 2 unspecified atom stereocenters. The van der Waals surface area contributed by atoms with E-state index in [0.717, 1.165) is 39.1 Å². The lowest BCUT2D eigenvalue weighted by Gasteiger charge is -2.27. The number of aryl methyl sites for hydroxylation is 1. The van der Waals surface area contributed by atoms with Crippen LogP contribution in [0, 0.1) is 13.8 Å². The van der Waals surface area contributed by atoms with Crippen molar-refractivity contribution in [3.63, 3.8) is 0 Å². The molecule has 0 bridgehead atoms. The summed E-state index contributed by atoms with van der Waals surface area (Å²) in [5, 5.41) is 17.2. The molecule has 0 fully saturated rings. The van der Waals surface area contributed by atoms with Crippen molar-refractivity contribution in [3.05, 3.63) is 75.7 Å². The summed E-state index contributed by atoms with van der Waals surface area (Å²) in [6.45, 7) is 7.43. The lowest BCUT2D eigenvalue weighted by molar-refractivity contribution is -0.00664. The number of anilines is 1. The summed E-state index contributed by atoms with van der Waals surface area (Å²) >= 11 is 6.72. The van der Waals surface area contributed by atoms with Crippen LogP contribution in [0.3, 0.4) is 0 Å². The van der Waals surface area contributed by atoms with Crippen molar-refractivity contribution in [2.75, 3.05) is 18.9 Å². The fourth-order valence-electron chi connectivity index (χ4n) is 4.63. The molecule has 4 aromatic rings. The van der Waals surface area contributed by atoms with Crippen molar-refractivity contribution in [3.8, 4) is 5.75 Å². The molecule has 176 valence electrons. The normalized spacial score (nSPS) is 16.0. The molecule has 5 rings (SSSR count). The summed E-state index contributed by atoms with van der Waals surface area (Å²) in [7, 11) is 0. The molecule has 2 aromatic heterocycles. The highest BCUT2D eigenvalue weighted by molar-refractivity contribution is 6.31. The molecule has 3 N–H and O–H groups in total. The maximum Gasteiger partial charge on any atom is 0.164 e. The Labute approximate surface area is 202 Å². The van der Waals surface area contributed by atoms with Gasteiger partial charge in [0.05, 0.1) is 17.1 Å². The molecule has 34 heavy (non-hydrogen) atoms. The van der Waals surface area contributed by atoms with Gasteiger partial charge < -0.3 is 15.6 Å². The zero-order valence-corrected chi connectivity index (χ0v) is 20.1. The molecule has 2 atom stereocenters. The number of hydrogen-bond acceptors (Lipinski definition) is 7. The second-order valence-electron chi connectivity index (χ2n) is 8.65. The second-order valence-corrected chi connectivity index (χ2v) is 9.05. The van der Waals surface area contributed by atoms with Gasteiger partial charge in [-0.2, -0.15) is 5.10 Å². The van der Waals surface area contributed by atoms with Crippen LogP contribution in [-0.4, -0.2) is 42.9 Å². The minimum Gasteiger partial charge on any atom is -0.492 e. The van der Waals surface area contributed by atoms with Crippen LogP contribution in [0.25, 0.3) is 11.0 Å². The van der Waals surface area contributed by atoms with Gasteiger partial charge in [-0.05, 0) is 38.0 Å². The molecular weight excluding hydrogens is 452 g/mol. The van der Waals surface area contributed by atoms with Gasteiger partial charge in [-0.3, -0.25) is 4.90 Å².